The number of halogens is 1. The first-order valence-corrected chi connectivity index (χ1v) is 12.9. The molecule has 2 aliphatic heterocycles. The van der Waals surface area contributed by atoms with Crippen molar-refractivity contribution in [3.8, 4) is 5.75 Å². The van der Waals surface area contributed by atoms with Crippen molar-refractivity contribution >= 4 is 23.8 Å². The largest absolute Gasteiger partial charge is 0.508 e. The number of aliphatic imine (C=N–C) groups is 1. The van der Waals surface area contributed by atoms with E-state index in [4.69, 9.17) is 21.3 Å². The lowest BCUT2D eigenvalue weighted by Gasteiger charge is -2.37. The number of rotatable bonds is 9. The zero-order chi connectivity index (χ0) is 24.3. The predicted octanol–water partition coefficient (Wildman–Crippen LogP) is 3.57. The van der Waals surface area contributed by atoms with Crippen LogP contribution in [0.3, 0.4) is 0 Å². The zero-order valence-electron chi connectivity index (χ0n) is 19.9. The number of carbonyl (C=O) groups excluding carboxylic acids is 1. The second-order valence-electron chi connectivity index (χ2n) is 9.69. The maximum absolute atomic E-state index is 14.0. The highest BCUT2D eigenvalue weighted by Gasteiger charge is 2.54. The van der Waals surface area contributed by atoms with Crippen LogP contribution in [0.15, 0.2) is 53.5 Å². The zero-order valence-corrected chi connectivity index (χ0v) is 20.7. The fourth-order valence-corrected chi connectivity index (χ4v) is 5.31. The molecule has 0 unspecified atom stereocenters. The number of morpholine rings is 1. The van der Waals surface area contributed by atoms with Crippen molar-refractivity contribution < 1.29 is 14.6 Å². The maximum Gasteiger partial charge on any atom is 0.255 e. The average Bonchev–Trinajstić information content (AvgIpc) is 3.62. The van der Waals surface area contributed by atoms with Crippen LogP contribution < -0.4 is 5.32 Å². The lowest BCUT2D eigenvalue weighted by atomic mass is 9.78. The molecule has 2 heterocycles. The first kappa shape index (κ1) is 24.1. The smallest absolute Gasteiger partial charge is 0.255 e. The number of hydrogen-bond donors (Lipinski definition) is 2. The summed E-state index contributed by atoms with van der Waals surface area (Å²) in [4.78, 5) is 23.4. The summed E-state index contributed by atoms with van der Waals surface area (Å²) in [5, 5.41) is 14.6. The van der Waals surface area contributed by atoms with Gasteiger partial charge in [-0.2, -0.15) is 0 Å². The minimum Gasteiger partial charge on any atom is -0.508 e. The minimum absolute atomic E-state index is 0.0780. The molecule has 2 atom stereocenters. The molecule has 0 bridgehead atoms. The van der Waals surface area contributed by atoms with Crippen molar-refractivity contribution in [2.45, 2.75) is 30.8 Å². The lowest BCUT2D eigenvalue weighted by Crippen LogP contribution is -2.49. The average molecular weight is 497 g/mol. The van der Waals surface area contributed by atoms with E-state index in [0.717, 1.165) is 51.4 Å². The summed E-state index contributed by atoms with van der Waals surface area (Å²) in [5.41, 5.74) is 0.250. The van der Waals surface area contributed by atoms with Gasteiger partial charge in [-0.15, -0.1) is 0 Å². The van der Waals surface area contributed by atoms with Gasteiger partial charge in [-0.3, -0.25) is 14.7 Å². The molecule has 2 aromatic carbocycles. The molecular weight excluding hydrogens is 464 g/mol. The fourth-order valence-electron chi connectivity index (χ4n) is 5.15. The number of amides is 1. The van der Waals surface area contributed by atoms with Gasteiger partial charge in [0.25, 0.3) is 5.91 Å². The fraction of sp³-hybridized carbons (Fsp3) is 0.481. The van der Waals surface area contributed by atoms with Crippen LogP contribution in [0.4, 0.5) is 0 Å². The van der Waals surface area contributed by atoms with Gasteiger partial charge in [0.1, 0.15) is 5.75 Å². The van der Waals surface area contributed by atoms with Gasteiger partial charge in [0.15, 0.2) is 5.54 Å². The number of nitrogens with one attached hydrogen (secondary N) is 1. The van der Waals surface area contributed by atoms with Crippen LogP contribution in [0.5, 0.6) is 5.75 Å². The van der Waals surface area contributed by atoms with E-state index in [1.807, 2.05) is 36.4 Å². The topological polar surface area (TPSA) is 77.4 Å². The van der Waals surface area contributed by atoms with E-state index in [-0.39, 0.29) is 11.7 Å². The number of benzene rings is 2. The number of aromatic hydroxyl groups is 1. The molecule has 2 N–H and O–H groups in total. The highest BCUT2D eigenvalue weighted by molar-refractivity contribution is 6.30. The monoisotopic (exact) mass is 496 g/mol. The standard InChI is InChI=1S/C27H33ClN4O3/c28-22-9-10-23(24(33)17-22)25-27(21-5-2-1-3-6-21,30-19-32(25)18-20-7-8-20)26(34)29-11-4-12-31-13-15-35-16-14-31/h1-3,5-6,9-10,17,19-20,25,33H,4,7-8,11-16,18H2,(H,29,34)/t25-,27+/m0/s1. The molecule has 0 spiro atoms. The maximum atomic E-state index is 14.0. The Balaban J connectivity index is 1.43. The number of carbonyl (C=O) groups is 1. The molecule has 35 heavy (non-hydrogen) atoms. The van der Waals surface area contributed by atoms with Gasteiger partial charge in [0.05, 0.1) is 25.6 Å². The molecule has 2 fully saturated rings. The molecular formula is C27H33ClN4O3. The van der Waals surface area contributed by atoms with Crippen molar-refractivity contribution in [2.75, 3.05) is 45.9 Å². The summed E-state index contributed by atoms with van der Waals surface area (Å²) in [5.74, 6) is 0.510. The van der Waals surface area contributed by atoms with E-state index >= 15 is 0 Å². The molecule has 1 saturated carbocycles. The van der Waals surface area contributed by atoms with Crippen LogP contribution in [-0.4, -0.2) is 73.1 Å². The summed E-state index contributed by atoms with van der Waals surface area (Å²) < 4.78 is 5.43. The van der Waals surface area contributed by atoms with Crippen LogP contribution in [0.25, 0.3) is 0 Å². The molecule has 186 valence electrons. The van der Waals surface area contributed by atoms with Crippen molar-refractivity contribution in [1.82, 2.24) is 15.1 Å². The molecule has 5 rings (SSSR count). The number of nitrogens with zero attached hydrogens (tertiary/aromatic N) is 3. The van der Waals surface area contributed by atoms with Crippen LogP contribution >= 0.6 is 11.6 Å². The van der Waals surface area contributed by atoms with E-state index in [0.29, 0.717) is 23.0 Å². The Kier molecular flexibility index (Phi) is 7.27. The molecule has 0 radical (unpaired) electrons. The van der Waals surface area contributed by atoms with E-state index in [1.165, 1.54) is 12.8 Å². The Bertz CT molecular complexity index is 1060. The van der Waals surface area contributed by atoms with Crippen LogP contribution in [-0.2, 0) is 15.1 Å². The summed E-state index contributed by atoms with van der Waals surface area (Å²) >= 11 is 6.16. The highest BCUT2D eigenvalue weighted by atomic mass is 35.5. The van der Waals surface area contributed by atoms with Crippen molar-refractivity contribution in [2.24, 2.45) is 10.9 Å². The Morgan fingerprint density at radius 1 is 1.17 bits per heavy atom. The third-order valence-electron chi connectivity index (χ3n) is 7.19. The Morgan fingerprint density at radius 3 is 2.66 bits per heavy atom. The SMILES string of the molecule is O=C(NCCCN1CCOCC1)[C@]1(c2ccccc2)N=CN(CC2CC2)[C@H]1c1ccc(Cl)cc1O. The summed E-state index contributed by atoms with van der Waals surface area (Å²) in [6.45, 7) is 5.67. The van der Waals surface area contributed by atoms with Gasteiger partial charge in [-0.1, -0.05) is 48.0 Å². The van der Waals surface area contributed by atoms with E-state index in [2.05, 4.69) is 15.1 Å². The van der Waals surface area contributed by atoms with Crippen molar-refractivity contribution in [1.29, 1.82) is 0 Å². The molecule has 1 saturated heterocycles. The molecule has 0 aromatic heterocycles. The van der Waals surface area contributed by atoms with Gasteiger partial charge in [0.2, 0.25) is 0 Å². The summed E-state index contributed by atoms with van der Waals surface area (Å²) in [7, 11) is 0. The third-order valence-corrected chi connectivity index (χ3v) is 7.43. The number of phenols is 1. The molecule has 7 nitrogen and oxygen atoms in total. The Labute approximate surface area is 211 Å². The quantitative estimate of drug-likeness (QED) is 0.519. The van der Waals surface area contributed by atoms with Crippen LogP contribution in [0.2, 0.25) is 5.02 Å². The molecule has 1 amide bonds. The van der Waals surface area contributed by atoms with Gasteiger partial charge in [-0.05, 0) is 49.4 Å². The summed E-state index contributed by atoms with van der Waals surface area (Å²) in [6.07, 6.45) is 5.01. The molecule has 2 aromatic rings. The first-order valence-electron chi connectivity index (χ1n) is 12.5. The third kappa shape index (κ3) is 5.17. The molecule has 1 aliphatic carbocycles. The normalized spacial score (nSPS) is 24.6. The highest BCUT2D eigenvalue weighted by Crippen LogP contribution is 2.50. The number of phenolic OH excluding ortho intramolecular Hbond substituents is 1. The van der Waals surface area contributed by atoms with Gasteiger partial charge < -0.3 is 20.1 Å². The number of hydrogen-bond acceptors (Lipinski definition) is 6. The second kappa shape index (κ2) is 10.6. The van der Waals surface area contributed by atoms with Crippen molar-refractivity contribution in [3.05, 3.63) is 64.7 Å². The van der Waals surface area contributed by atoms with E-state index in [9.17, 15) is 9.90 Å². The molecule has 8 heteroatoms. The minimum atomic E-state index is -1.21. The number of ether oxygens (including phenoxy) is 1. The lowest BCUT2D eigenvalue weighted by molar-refractivity contribution is -0.128. The van der Waals surface area contributed by atoms with Crippen LogP contribution in [0, 0.1) is 5.92 Å². The van der Waals surface area contributed by atoms with E-state index in [1.54, 1.807) is 18.5 Å². The summed E-state index contributed by atoms with van der Waals surface area (Å²) in [6, 6.07) is 14.4. The van der Waals surface area contributed by atoms with Gasteiger partial charge in [-0.25, -0.2) is 0 Å². The van der Waals surface area contributed by atoms with Crippen molar-refractivity contribution in [3.63, 3.8) is 0 Å². The van der Waals surface area contributed by atoms with Gasteiger partial charge in [0, 0.05) is 36.8 Å². The Hall–Kier alpha value is -2.61. The van der Waals surface area contributed by atoms with E-state index < -0.39 is 11.6 Å². The Morgan fingerprint density at radius 2 is 1.94 bits per heavy atom. The second-order valence-corrected chi connectivity index (χ2v) is 10.1. The first-order chi connectivity index (χ1) is 17.1. The van der Waals surface area contributed by atoms with Gasteiger partial charge >= 0.3 is 0 Å². The molecule has 3 aliphatic rings. The van der Waals surface area contributed by atoms with Crippen LogP contribution in [0.1, 0.15) is 36.4 Å². The predicted molar refractivity (Wildman–Crippen MR) is 137 cm³/mol.